The lowest BCUT2D eigenvalue weighted by atomic mass is 10.2. The zero-order chi connectivity index (χ0) is 22.1. The fraction of sp³-hybridized carbons (Fsp3) is 0.143. The number of rotatable bonds is 5. The van der Waals surface area contributed by atoms with E-state index in [0.717, 1.165) is 32.6 Å². The molecule has 0 aliphatic carbocycles. The molecule has 3 heteroatoms. The molecule has 0 aliphatic rings. The molecule has 0 N–H and O–H groups in total. The first kappa shape index (κ1) is 21.4. The third kappa shape index (κ3) is 3.40. The molecular formula is C28H26F2P+. The van der Waals surface area contributed by atoms with Gasteiger partial charge < -0.3 is 0 Å². The molecule has 4 aromatic carbocycles. The van der Waals surface area contributed by atoms with Crippen LogP contribution in [0.2, 0.25) is 0 Å². The van der Waals surface area contributed by atoms with Gasteiger partial charge in [-0.2, -0.15) is 8.78 Å². The maximum Gasteiger partial charge on any atom is 0.393 e. The quantitative estimate of drug-likeness (QED) is 0.310. The summed E-state index contributed by atoms with van der Waals surface area (Å²) in [5.41, 5.74) is -0.384. The highest BCUT2D eigenvalue weighted by molar-refractivity contribution is 7.96. The summed E-state index contributed by atoms with van der Waals surface area (Å²) < 4.78 is 34.2. The average Bonchev–Trinajstić information content (AvgIpc) is 2.78. The van der Waals surface area contributed by atoms with Gasteiger partial charge in [0.2, 0.25) is 0 Å². The van der Waals surface area contributed by atoms with Gasteiger partial charge in [-0.1, -0.05) is 72.8 Å². The van der Waals surface area contributed by atoms with Crippen molar-refractivity contribution in [3.8, 4) is 0 Å². The number of alkyl halides is 2. The van der Waals surface area contributed by atoms with E-state index < -0.39 is 12.9 Å². The molecule has 0 saturated carbocycles. The Balaban J connectivity index is 2.25. The monoisotopic (exact) mass is 431 g/mol. The molecular weight excluding hydrogens is 405 g/mol. The van der Waals surface area contributed by atoms with E-state index in [-0.39, 0.29) is 5.56 Å². The van der Waals surface area contributed by atoms with Crippen LogP contribution in [-0.4, -0.2) is 0 Å². The molecule has 0 nitrogen and oxygen atoms in total. The number of hydrogen-bond donors (Lipinski definition) is 0. The summed E-state index contributed by atoms with van der Waals surface area (Å²) >= 11 is 0. The molecule has 0 saturated heterocycles. The first-order chi connectivity index (χ1) is 14.9. The van der Waals surface area contributed by atoms with E-state index >= 15 is 8.78 Å². The Labute approximate surface area is 183 Å². The second-order valence-electron chi connectivity index (χ2n) is 7.94. The summed E-state index contributed by atoms with van der Waals surface area (Å²) in [6, 6.07) is 31.3. The number of hydrogen-bond acceptors (Lipinski definition) is 0. The van der Waals surface area contributed by atoms with Crippen LogP contribution in [0.5, 0.6) is 0 Å². The third-order valence-corrected chi connectivity index (χ3v) is 10.7. The minimum atomic E-state index is -3.42. The van der Waals surface area contributed by atoms with Crippen LogP contribution in [0.4, 0.5) is 8.78 Å². The van der Waals surface area contributed by atoms with Crippen molar-refractivity contribution in [3.63, 3.8) is 0 Å². The second-order valence-corrected chi connectivity index (χ2v) is 11.3. The van der Waals surface area contributed by atoms with Crippen molar-refractivity contribution in [2.75, 3.05) is 0 Å². The Morgan fingerprint density at radius 3 is 1.16 bits per heavy atom. The molecule has 0 aromatic heterocycles. The van der Waals surface area contributed by atoms with Gasteiger partial charge in [0, 0.05) is 0 Å². The normalized spacial score (nSPS) is 12.0. The maximum absolute atomic E-state index is 17.1. The van der Waals surface area contributed by atoms with Crippen LogP contribution < -0.4 is 15.9 Å². The molecule has 156 valence electrons. The Morgan fingerprint density at radius 1 is 0.484 bits per heavy atom. The predicted octanol–water partition coefficient (Wildman–Crippen LogP) is 6.66. The number of halogens is 2. The molecule has 0 heterocycles. The number of aryl methyl sites for hydroxylation is 3. The molecule has 0 atom stereocenters. The van der Waals surface area contributed by atoms with E-state index in [9.17, 15) is 0 Å². The van der Waals surface area contributed by atoms with Gasteiger partial charge in [0.1, 0.15) is 15.9 Å². The van der Waals surface area contributed by atoms with Crippen LogP contribution in [0.1, 0.15) is 22.3 Å². The fourth-order valence-corrected chi connectivity index (χ4v) is 9.46. The zero-order valence-corrected chi connectivity index (χ0v) is 18.9. The highest BCUT2D eigenvalue weighted by atomic mass is 31.2. The lowest BCUT2D eigenvalue weighted by molar-refractivity contribution is 0.0970. The van der Waals surface area contributed by atoms with Crippen molar-refractivity contribution >= 4 is 23.2 Å². The Kier molecular flexibility index (Phi) is 5.77. The van der Waals surface area contributed by atoms with Crippen molar-refractivity contribution in [3.05, 3.63) is 125 Å². The lowest BCUT2D eigenvalue weighted by Crippen LogP contribution is -2.44. The lowest BCUT2D eigenvalue weighted by Gasteiger charge is -2.36. The van der Waals surface area contributed by atoms with Gasteiger partial charge in [-0.25, -0.2) is 0 Å². The SMILES string of the molecule is Cc1ccccc1[P+](c1ccccc1C)(c1ccccc1C)C(F)(F)c1ccccc1. The van der Waals surface area contributed by atoms with Gasteiger partial charge in [-0.3, -0.25) is 0 Å². The van der Waals surface area contributed by atoms with E-state index in [1.54, 1.807) is 30.3 Å². The van der Waals surface area contributed by atoms with Gasteiger partial charge in [-0.05, 0) is 67.8 Å². The topological polar surface area (TPSA) is 0 Å². The van der Waals surface area contributed by atoms with Crippen molar-refractivity contribution in [1.82, 2.24) is 0 Å². The van der Waals surface area contributed by atoms with Crippen LogP contribution in [0.3, 0.4) is 0 Å². The van der Waals surface area contributed by atoms with E-state index in [4.69, 9.17) is 0 Å². The second kappa shape index (κ2) is 8.36. The van der Waals surface area contributed by atoms with Crippen molar-refractivity contribution in [1.29, 1.82) is 0 Å². The molecule has 0 amide bonds. The minimum absolute atomic E-state index is 0.0538. The van der Waals surface area contributed by atoms with Crippen LogP contribution in [0, 0.1) is 20.8 Å². The van der Waals surface area contributed by atoms with E-state index in [1.807, 2.05) is 93.6 Å². The largest absolute Gasteiger partial charge is 0.393 e. The summed E-state index contributed by atoms with van der Waals surface area (Å²) in [6.45, 7) is 5.84. The molecule has 0 spiro atoms. The van der Waals surface area contributed by atoms with Crippen molar-refractivity contribution in [2.24, 2.45) is 0 Å². The summed E-state index contributed by atoms with van der Waals surface area (Å²) in [6.07, 6.45) is 0. The van der Waals surface area contributed by atoms with Crippen molar-refractivity contribution < 1.29 is 8.78 Å². The average molecular weight is 431 g/mol. The summed E-state index contributed by atoms with van der Waals surface area (Å²) in [7, 11) is -3.42. The summed E-state index contributed by atoms with van der Waals surface area (Å²) in [5, 5.41) is 2.19. The molecule has 0 unspecified atom stereocenters. The van der Waals surface area contributed by atoms with Crippen LogP contribution in [-0.2, 0) is 5.66 Å². The van der Waals surface area contributed by atoms with Gasteiger partial charge in [0.15, 0.2) is 7.26 Å². The molecule has 31 heavy (non-hydrogen) atoms. The molecule has 4 aromatic rings. The van der Waals surface area contributed by atoms with Gasteiger partial charge in [0.05, 0.1) is 5.56 Å². The fourth-order valence-electron chi connectivity index (χ4n) is 4.49. The molecule has 0 fully saturated rings. The van der Waals surface area contributed by atoms with E-state index in [0.29, 0.717) is 0 Å². The summed E-state index contributed by atoms with van der Waals surface area (Å²) in [4.78, 5) is 0. The Hall–Kier alpha value is -2.83. The van der Waals surface area contributed by atoms with E-state index in [2.05, 4.69) is 0 Å². The first-order valence-corrected chi connectivity index (χ1v) is 12.2. The van der Waals surface area contributed by atoms with Gasteiger partial charge >= 0.3 is 5.66 Å². The predicted molar refractivity (Wildman–Crippen MR) is 130 cm³/mol. The van der Waals surface area contributed by atoms with Crippen LogP contribution in [0.15, 0.2) is 103 Å². The Morgan fingerprint density at radius 2 is 0.806 bits per heavy atom. The smallest absolute Gasteiger partial charge is 0.161 e. The Bertz CT molecular complexity index is 1090. The minimum Gasteiger partial charge on any atom is -0.161 e. The summed E-state index contributed by atoms with van der Waals surface area (Å²) in [5.74, 6) is 0. The van der Waals surface area contributed by atoms with Gasteiger partial charge in [0.25, 0.3) is 0 Å². The van der Waals surface area contributed by atoms with E-state index in [1.165, 1.54) is 0 Å². The standard InChI is InChI=1S/C28H26F2P/c1-21-13-7-10-18-25(21)31(26-19-11-8-14-22(26)2,27-20-12-9-15-23(27)3)28(29,30)24-16-5-4-6-17-24/h4-20H,1-3H3/q+1. The first-order valence-electron chi connectivity index (χ1n) is 10.4. The molecule has 4 rings (SSSR count). The van der Waals surface area contributed by atoms with Crippen LogP contribution >= 0.6 is 7.26 Å². The van der Waals surface area contributed by atoms with Gasteiger partial charge in [-0.15, -0.1) is 0 Å². The highest BCUT2D eigenvalue weighted by Crippen LogP contribution is 2.72. The third-order valence-electron chi connectivity index (χ3n) is 5.97. The molecule has 0 radical (unpaired) electrons. The molecule has 0 aliphatic heterocycles. The van der Waals surface area contributed by atoms with Crippen molar-refractivity contribution in [2.45, 2.75) is 26.4 Å². The number of benzene rings is 4. The zero-order valence-electron chi connectivity index (χ0n) is 18.0. The van der Waals surface area contributed by atoms with Crippen LogP contribution in [0.25, 0.3) is 0 Å². The highest BCUT2D eigenvalue weighted by Gasteiger charge is 2.68. The maximum atomic E-state index is 17.1. The molecule has 0 bridgehead atoms.